The van der Waals surface area contributed by atoms with Gasteiger partial charge < -0.3 is 5.32 Å². The summed E-state index contributed by atoms with van der Waals surface area (Å²) in [5, 5.41) is 3.71. The van der Waals surface area contributed by atoms with Gasteiger partial charge in [-0.15, -0.1) is 11.8 Å². The molecule has 0 aromatic heterocycles. The molecule has 0 unspecified atom stereocenters. The lowest BCUT2D eigenvalue weighted by molar-refractivity contribution is -0.120. The van der Waals surface area contributed by atoms with E-state index in [1.165, 1.54) is 5.56 Å². The van der Waals surface area contributed by atoms with Gasteiger partial charge in [0.25, 0.3) is 0 Å². The number of carbonyl (C=O) groups is 1. The van der Waals surface area contributed by atoms with Crippen LogP contribution in [0.1, 0.15) is 12.0 Å². The summed E-state index contributed by atoms with van der Waals surface area (Å²) in [6, 6.07) is 18.1. The zero-order valence-corrected chi connectivity index (χ0v) is 15.2. The van der Waals surface area contributed by atoms with Gasteiger partial charge in [0.1, 0.15) is 0 Å². The summed E-state index contributed by atoms with van der Waals surface area (Å²) < 4.78 is 0. The van der Waals surface area contributed by atoms with Crippen LogP contribution in [0.25, 0.3) is 0 Å². The summed E-state index contributed by atoms with van der Waals surface area (Å²) in [5.74, 6) is 2.82. The van der Waals surface area contributed by atoms with Gasteiger partial charge in [-0.2, -0.15) is 11.8 Å². The second kappa shape index (κ2) is 10.6. The molecule has 2 aromatic rings. The molecule has 0 bridgehead atoms. The van der Waals surface area contributed by atoms with Crippen molar-refractivity contribution in [3.8, 4) is 0 Å². The summed E-state index contributed by atoms with van der Waals surface area (Å²) >= 11 is 9.35. The standard InChI is InChI=1S/C18H20ClNOS2/c19-16-6-8-17(9-7-16)23-12-10-18(21)20-11-13-22-14-15-4-2-1-3-5-15/h1-9H,10-14H2,(H,20,21). The Bertz CT molecular complexity index is 590. The fourth-order valence-corrected chi connectivity index (χ4v) is 3.70. The summed E-state index contributed by atoms with van der Waals surface area (Å²) in [4.78, 5) is 12.9. The van der Waals surface area contributed by atoms with Crippen LogP contribution in [-0.4, -0.2) is 24.0 Å². The molecule has 0 fully saturated rings. The average molecular weight is 366 g/mol. The highest BCUT2D eigenvalue weighted by atomic mass is 35.5. The van der Waals surface area contributed by atoms with Crippen LogP contribution in [0, 0.1) is 0 Å². The summed E-state index contributed by atoms with van der Waals surface area (Å²) in [6.07, 6.45) is 0.538. The lowest BCUT2D eigenvalue weighted by Crippen LogP contribution is -2.25. The molecule has 2 rings (SSSR count). The van der Waals surface area contributed by atoms with E-state index in [2.05, 4.69) is 29.6 Å². The van der Waals surface area contributed by atoms with Crippen molar-refractivity contribution >= 4 is 41.0 Å². The number of carbonyl (C=O) groups excluding carboxylic acids is 1. The van der Waals surface area contributed by atoms with Crippen molar-refractivity contribution in [2.75, 3.05) is 18.1 Å². The van der Waals surface area contributed by atoms with E-state index in [9.17, 15) is 4.79 Å². The van der Waals surface area contributed by atoms with Gasteiger partial charge in [-0.3, -0.25) is 4.79 Å². The Morgan fingerprint density at radius 1 is 1.00 bits per heavy atom. The minimum absolute atomic E-state index is 0.117. The number of hydrogen-bond acceptors (Lipinski definition) is 3. The van der Waals surface area contributed by atoms with E-state index in [0.717, 1.165) is 33.7 Å². The van der Waals surface area contributed by atoms with Crippen LogP contribution in [0.5, 0.6) is 0 Å². The van der Waals surface area contributed by atoms with Crippen LogP contribution < -0.4 is 5.32 Å². The maximum atomic E-state index is 11.8. The Morgan fingerprint density at radius 2 is 1.74 bits per heavy atom. The monoisotopic (exact) mass is 365 g/mol. The normalized spacial score (nSPS) is 10.5. The number of halogens is 1. The van der Waals surface area contributed by atoms with Gasteiger partial charge in [0.2, 0.25) is 5.91 Å². The van der Waals surface area contributed by atoms with E-state index in [-0.39, 0.29) is 5.91 Å². The second-order valence-electron chi connectivity index (χ2n) is 4.94. The maximum Gasteiger partial charge on any atom is 0.220 e. The molecule has 1 N–H and O–H groups in total. The van der Waals surface area contributed by atoms with Crippen LogP contribution >= 0.6 is 35.1 Å². The minimum Gasteiger partial charge on any atom is -0.355 e. The molecular weight excluding hydrogens is 346 g/mol. The molecular formula is C18H20ClNOS2. The van der Waals surface area contributed by atoms with E-state index >= 15 is 0 Å². The van der Waals surface area contributed by atoms with Crippen molar-refractivity contribution in [2.45, 2.75) is 17.1 Å². The lowest BCUT2D eigenvalue weighted by Gasteiger charge is -2.06. The predicted molar refractivity (Wildman–Crippen MR) is 102 cm³/mol. The SMILES string of the molecule is O=C(CCSc1ccc(Cl)cc1)NCCSCc1ccccc1. The molecule has 0 radical (unpaired) electrons. The number of rotatable bonds is 9. The molecule has 0 aliphatic heterocycles. The Balaban J connectivity index is 1.51. The van der Waals surface area contributed by atoms with Crippen molar-refractivity contribution < 1.29 is 4.79 Å². The van der Waals surface area contributed by atoms with Crippen molar-refractivity contribution in [3.63, 3.8) is 0 Å². The third-order valence-electron chi connectivity index (χ3n) is 3.09. The van der Waals surface area contributed by atoms with Gasteiger partial charge in [0.15, 0.2) is 0 Å². The molecule has 5 heteroatoms. The minimum atomic E-state index is 0.117. The smallest absolute Gasteiger partial charge is 0.220 e. The van der Waals surface area contributed by atoms with Crippen LogP contribution in [0.2, 0.25) is 5.02 Å². The highest BCUT2D eigenvalue weighted by molar-refractivity contribution is 7.99. The molecule has 0 heterocycles. The molecule has 0 aliphatic rings. The number of amides is 1. The van der Waals surface area contributed by atoms with Crippen molar-refractivity contribution in [2.24, 2.45) is 0 Å². The molecule has 122 valence electrons. The molecule has 0 saturated carbocycles. The van der Waals surface area contributed by atoms with E-state index in [1.807, 2.05) is 42.1 Å². The molecule has 2 aromatic carbocycles. The maximum absolute atomic E-state index is 11.8. The number of thioether (sulfide) groups is 2. The Morgan fingerprint density at radius 3 is 2.48 bits per heavy atom. The van der Waals surface area contributed by atoms with Crippen LogP contribution in [-0.2, 0) is 10.5 Å². The molecule has 0 atom stereocenters. The highest BCUT2D eigenvalue weighted by Crippen LogP contribution is 2.20. The van der Waals surface area contributed by atoms with Crippen molar-refractivity contribution in [1.82, 2.24) is 5.32 Å². The molecule has 0 saturated heterocycles. The molecule has 2 nitrogen and oxygen atoms in total. The van der Waals surface area contributed by atoms with E-state index in [0.29, 0.717) is 6.42 Å². The molecule has 0 spiro atoms. The van der Waals surface area contributed by atoms with Crippen molar-refractivity contribution in [3.05, 3.63) is 65.2 Å². The largest absolute Gasteiger partial charge is 0.355 e. The highest BCUT2D eigenvalue weighted by Gasteiger charge is 2.02. The third-order valence-corrected chi connectivity index (χ3v) is 5.39. The Labute approximate surface area is 151 Å². The van der Waals surface area contributed by atoms with Gasteiger partial charge in [-0.25, -0.2) is 0 Å². The number of nitrogens with one attached hydrogen (secondary N) is 1. The van der Waals surface area contributed by atoms with E-state index in [4.69, 9.17) is 11.6 Å². The lowest BCUT2D eigenvalue weighted by atomic mass is 10.2. The fraction of sp³-hybridized carbons (Fsp3) is 0.278. The third kappa shape index (κ3) is 7.82. The number of benzene rings is 2. The summed E-state index contributed by atoms with van der Waals surface area (Å²) in [5.41, 5.74) is 1.32. The van der Waals surface area contributed by atoms with Crippen LogP contribution in [0.3, 0.4) is 0 Å². The van der Waals surface area contributed by atoms with Crippen LogP contribution in [0.4, 0.5) is 0 Å². The van der Waals surface area contributed by atoms with E-state index in [1.54, 1.807) is 11.8 Å². The second-order valence-corrected chi connectivity index (χ2v) is 7.65. The predicted octanol–water partition coefficient (Wildman–Crippen LogP) is 4.87. The van der Waals surface area contributed by atoms with Gasteiger partial charge in [0, 0.05) is 40.1 Å². The first-order valence-electron chi connectivity index (χ1n) is 7.51. The Hall–Kier alpha value is -1.10. The molecule has 23 heavy (non-hydrogen) atoms. The first-order valence-corrected chi connectivity index (χ1v) is 10.0. The average Bonchev–Trinajstić information content (AvgIpc) is 2.57. The zero-order valence-electron chi connectivity index (χ0n) is 12.8. The fourth-order valence-electron chi connectivity index (χ4n) is 1.91. The van der Waals surface area contributed by atoms with Gasteiger partial charge in [0.05, 0.1) is 0 Å². The van der Waals surface area contributed by atoms with Gasteiger partial charge >= 0.3 is 0 Å². The molecule has 1 amide bonds. The van der Waals surface area contributed by atoms with Crippen LogP contribution in [0.15, 0.2) is 59.5 Å². The summed E-state index contributed by atoms with van der Waals surface area (Å²) in [7, 11) is 0. The zero-order chi connectivity index (χ0) is 16.3. The van der Waals surface area contributed by atoms with E-state index < -0.39 is 0 Å². The topological polar surface area (TPSA) is 29.1 Å². The number of hydrogen-bond donors (Lipinski definition) is 1. The summed E-state index contributed by atoms with van der Waals surface area (Å²) in [6.45, 7) is 0.724. The van der Waals surface area contributed by atoms with Gasteiger partial charge in [-0.1, -0.05) is 41.9 Å². The quantitative estimate of drug-likeness (QED) is 0.507. The molecule has 0 aliphatic carbocycles. The first-order chi connectivity index (χ1) is 11.2. The van der Waals surface area contributed by atoms with Crippen molar-refractivity contribution in [1.29, 1.82) is 0 Å². The first kappa shape index (κ1) is 18.2. The van der Waals surface area contributed by atoms with Gasteiger partial charge in [-0.05, 0) is 29.8 Å². The Kier molecular flexibility index (Phi) is 8.43.